The molecule has 1 saturated heterocycles. The molecule has 1 heterocycles. The van der Waals surface area contributed by atoms with Crippen LogP contribution in [0.1, 0.15) is 24.5 Å². The Morgan fingerprint density at radius 3 is 3.00 bits per heavy atom. The first-order valence-corrected chi connectivity index (χ1v) is 6.24. The molecule has 1 aromatic rings. The van der Waals surface area contributed by atoms with Crippen molar-refractivity contribution in [2.24, 2.45) is 5.92 Å². The summed E-state index contributed by atoms with van der Waals surface area (Å²) in [5.74, 6) is 0.432. The molecule has 0 amide bonds. The topological polar surface area (TPSA) is 21.3 Å². The number of benzene rings is 1. The summed E-state index contributed by atoms with van der Waals surface area (Å²) in [5, 5.41) is 3.32. The van der Waals surface area contributed by atoms with Gasteiger partial charge in [0.15, 0.2) is 0 Å². The molecule has 1 aliphatic heterocycles. The number of hydrogen-bond acceptors (Lipinski definition) is 2. The van der Waals surface area contributed by atoms with Gasteiger partial charge >= 0.3 is 0 Å². The fraction of sp³-hybridized carbons (Fsp3) is 0.571. The summed E-state index contributed by atoms with van der Waals surface area (Å²) in [5.41, 5.74) is 1.84. The van der Waals surface area contributed by atoms with Crippen LogP contribution in [0, 0.1) is 18.7 Å². The fourth-order valence-corrected chi connectivity index (χ4v) is 2.28. The minimum absolute atomic E-state index is 0.126. The summed E-state index contributed by atoms with van der Waals surface area (Å²) < 4.78 is 19.0. The predicted molar refractivity (Wildman–Crippen MR) is 66.4 cm³/mol. The van der Waals surface area contributed by atoms with Crippen LogP contribution < -0.4 is 5.32 Å². The van der Waals surface area contributed by atoms with E-state index in [0.717, 1.165) is 30.7 Å². The van der Waals surface area contributed by atoms with Crippen molar-refractivity contribution in [1.29, 1.82) is 0 Å². The van der Waals surface area contributed by atoms with E-state index >= 15 is 0 Å². The quantitative estimate of drug-likeness (QED) is 0.869. The molecule has 0 saturated carbocycles. The van der Waals surface area contributed by atoms with Crippen LogP contribution in [0.3, 0.4) is 0 Å². The largest absolute Gasteiger partial charge is 0.378 e. The molecular weight excluding hydrogens is 217 g/mol. The molecule has 2 nitrogen and oxygen atoms in total. The monoisotopic (exact) mass is 237 g/mol. The van der Waals surface area contributed by atoms with Gasteiger partial charge in [0.1, 0.15) is 5.82 Å². The van der Waals surface area contributed by atoms with Crippen molar-refractivity contribution in [3.63, 3.8) is 0 Å². The smallest absolute Gasteiger partial charge is 0.127 e. The van der Waals surface area contributed by atoms with E-state index in [9.17, 15) is 4.39 Å². The summed E-state index contributed by atoms with van der Waals surface area (Å²) in [4.78, 5) is 0. The Bertz CT molecular complexity index is 380. The number of rotatable bonds is 4. The molecule has 0 bridgehead atoms. The second-order valence-corrected chi connectivity index (χ2v) is 4.85. The summed E-state index contributed by atoms with van der Waals surface area (Å²) >= 11 is 0. The third-order valence-electron chi connectivity index (χ3n) is 3.46. The van der Waals surface area contributed by atoms with Crippen LogP contribution in [-0.4, -0.2) is 19.3 Å². The molecule has 1 aliphatic rings. The maximum absolute atomic E-state index is 13.5. The first-order valence-electron chi connectivity index (χ1n) is 6.24. The summed E-state index contributed by atoms with van der Waals surface area (Å²) in [6.07, 6.45) is 1.43. The van der Waals surface area contributed by atoms with E-state index in [2.05, 4.69) is 12.2 Å². The van der Waals surface area contributed by atoms with Crippen molar-refractivity contribution >= 4 is 0 Å². The number of nitrogens with one attached hydrogen (secondary N) is 1. The van der Waals surface area contributed by atoms with Gasteiger partial charge in [0, 0.05) is 25.3 Å². The second-order valence-electron chi connectivity index (χ2n) is 4.85. The maximum Gasteiger partial charge on any atom is 0.127 e. The van der Waals surface area contributed by atoms with Crippen LogP contribution in [0.25, 0.3) is 0 Å². The van der Waals surface area contributed by atoms with Crippen LogP contribution in [-0.2, 0) is 11.3 Å². The number of aryl methyl sites for hydroxylation is 1. The van der Waals surface area contributed by atoms with Crippen molar-refractivity contribution < 1.29 is 9.13 Å². The highest BCUT2D eigenvalue weighted by molar-refractivity contribution is 5.23. The normalized spacial score (nSPS) is 24.2. The Hall–Kier alpha value is -0.930. The minimum Gasteiger partial charge on any atom is -0.378 e. The van der Waals surface area contributed by atoms with Crippen molar-refractivity contribution in [3.05, 3.63) is 35.1 Å². The zero-order valence-electron chi connectivity index (χ0n) is 10.5. The molecular formula is C14H20FNO. The van der Waals surface area contributed by atoms with Gasteiger partial charge in [-0.15, -0.1) is 0 Å². The summed E-state index contributed by atoms with van der Waals surface area (Å²) in [6, 6.07) is 5.23. The van der Waals surface area contributed by atoms with Crippen LogP contribution in [0.15, 0.2) is 18.2 Å². The third kappa shape index (κ3) is 3.27. The van der Waals surface area contributed by atoms with Crippen LogP contribution in [0.4, 0.5) is 4.39 Å². The van der Waals surface area contributed by atoms with Gasteiger partial charge in [-0.25, -0.2) is 4.39 Å². The standard InChI is InChI=1S/C14H20FNO/c1-10-3-4-14(15)13(7-10)9-16-8-12-5-6-17-11(12)2/h3-4,7,11-12,16H,5-6,8-9H2,1-2H3. The molecule has 2 atom stereocenters. The average Bonchev–Trinajstić information content (AvgIpc) is 2.70. The lowest BCUT2D eigenvalue weighted by Crippen LogP contribution is -2.27. The predicted octanol–water partition coefficient (Wildman–Crippen LogP) is 2.65. The lowest BCUT2D eigenvalue weighted by molar-refractivity contribution is 0.105. The van der Waals surface area contributed by atoms with Gasteiger partial charge in [0.25, 0.3) is 0 Å². The van der Waals surface area contributed by atoms with Crippen molar-refractivity contribution in [3.8, 4) is 0 Å². The van der Waals surface area contributed by atoms with E-state index < -0.39 is 0 Å². The van der Waals surface area contributed by atoms with Gasteiger partial charge in [-0.05, 0) is 32.3 Å². The minimum atomic E-state index is -0.126. The van der Waals surface area contributed by atoms with E-state index in [-0.39, 0.29) is 5.82 Å². The number of ether oxygens (including phenoxy) is 1. The van der Waals surface area contributed by atoms with Crippen LogP contribution in [0.2, 0.25) is 0 Å². The van der Waals surface area contributed by atoms with E-state index in [1.165, 1.54) is 6.07 Å². The molecule has 2 rings (SSSR count). The molecule has 2 unspecified atom stereocenters. The van der Waals surface area contributed by atoms with Crippen molar-refractivity contribution in [2.45, 2.75) is 32.9 Å². The van der Waals surface area contributed by atoms with E-state index in [4.69, 9.17) is 4.74 Å². The Balaban J connectivity index is 1.83. The van der Waals surface area contributed by atoms with Gasteiger partial charge < -0.3 is 10.1 Å². The second kappa shape index (κ2) is 5.61. The first kappa shape index (κ1) is 12.5. The molecule has 0 aromatic heterocycles. The van der Waals surface area contributed by atoms with E-state index in [1.807, 2.05) is 13.0 Å². The highest BCUT2D eigenvalue weighted by Gasteiger charge is 2.23. The van der Waals surface area contributed by atoms with E-state index in [1.54, 1.807) is 6.07 Å². The molecule has 94 valence electrons. The van der Waals surface area contributed by atoms with E-state index in [0.29, 0.717) is 18.6 Å². The molecule has 17 heavy (non-hydrogen) atoms. The van der Waals surface area contributed by atoms with Crippen molar-refractivity contribution in [1.82, 2.24) is 5.32 Å². The third-order valence-corrected chi connectivity index (χ3v) is 3.46. The molecule has 1 fully saturated rings. The zero-order valence-corrected chi connectivity index (χ0v) is 10.5. The molecule has 1 aromatic carbocycles. The average molecular weight is 237 g/mol. The highest BCUT2D eigenvalue weighted by Crippen LogP contribution is 2.19. The molecule has 3 heteroatoms. The SMILES string of the molecule is Cc1ccc(F)c(CNCC2CCOC2C)c1. The maximum atomic E-state index is 13.5. The fourth-order valence-electron chi connectivity index (χ4n) is 2.28. The Morgan fingerprint density at radius 2 is 2.29 bits per heavy atom. The van der Waals surface area contributed by atoms with Crippen LogP contribution >= 0.6 is 0 Å². The molecule has 0 aliphatic carbocycles. The van der Waals surface area contributed by atoms with Crippen molar-refractivity contribution in [2.75, 3.05) is 13.2 Å². The lowest BCUT2D eigenvalue weighted by atomic mass is 10.0. The molecule has 0 spiro atoms. The lowest BCUT2D eigenvalue weighted by Gasteiger charge is -2.15. The van der Waals surface area contributed by atoms with Gasteiger partial charge in [0.05, 0.1) is 6.10 Å². The Morgan fingerprint density at radius 1 is 1.47 bits per heavy atom. The Kier molecular flexibility index (Phi) is 4.13. The summed E-state index contributed by atoms with van der Waals surface area (Å²) in [7, 11) is 0. The van der Waals surface area contributed by atoms with Gasteiger partial charge in [-0.3, -0.25) is 0 Å². The Labute approximate surface area is 102 Å². The first-order chi connectivity index (χ1) is 8.16. The number of halogens is 1. The summed E-state index contributed by atoms with van der Waals surface area (Å²) in [6.45, 7) is 6.43. The van der Waals surface area contributed by atoms with Gasteiger partial charge in [-0.2, -0.15) is 0 Å². The van der Waals surface area contributed by atoms with Gasteiger partial charge in [0.2, 0.25) is 0 Å². The molecule has 1 N–H and O–H groups in total. The van der Waals surface area contributed by atoms with Gasteiger partial charge in [-0.1, -0.05) is 17.7 Å². The zero-order chi connectivity index (χ0) is 12.3. The van der Waals surface area contributed by atoms with Crippen LogP contribution in [0.5, 0.6) is 0 Å². The molecule has 0 radical (unpaired) electrons. The highest BCUT2D eigenvalue weighted by atomic mass is 19.1. The number of hydrogen-bond donors (Lipinski definition) is 1.